The molecule has 2 aromatic heterocycles. The van der Waals surface area contributed by atoms with Crippen molar-refractivity contribution in [2.45, 2.75) is 10.6 Å². The Bertz CT molecular complexity index is 1070. The van der Waals surface area contributed by atoms with Gasteiger partial charge in [-0.05, 0) is 30.3 Å². The Labute approximate surface area is 166 Å². The average Bonchev–Trinajstić information content (AvgIpc) is 3.20. The molecule has 0 amide bonds. The number of methoxy groups -OCH3 is 2. The molecule has 0 aliphatic rings. The van der Waals surface area contributed by atoms with Crippen LogP contribution in [0.15, 0.2) is 65.0 Å². The molecule has 4 aromatic rings. The van der Waals surface area contributed by atoms with Crippen molar-refractivity contribution >= 4 is 34.0 Å². The van der Waals surface area contributed by atoms with Gasteiger partial charge in [-0.1, -0.05) is 18.2 Å². The molecule has 0 spiro atoms. The first-order chi connectivity index (χ1) is 13.3. The molecular weight excluding hydrogens is 376 g/mol. The Balaban J connectivity index is 1.53. The van der Waals surface area contributed by atoms with E-state index in [1.54, 1.807) is 37.3 Å². The summed E-state index contributed by atoms with van der Waals surface area (Å²) in [5.74, 6) is 2.25. The van der Waals surface area contributed by atoms with Crippen LogP contribution in [0.25, 0.3) is 21.5 Å². The van der Waals surface area contributed by atoms with Gasteiger partial charge in [-0.3, -0.25) is 4.98 Å². The fraction of sp³-hybridized carbons (Fsp3) is 0.143. The topological polar surface area (TPSA) is 44.2 Å². The number of thiazole rings is 1. The Kier molecular flexibility index (Phi) is 5.27. The fourth-order valence-corrected chi connectivity index (χ4v) is 4.68. The minimum atomic E-state index is 0.712. The highest BCUT2D eigenvalue weighted by Gasteiger charge is 2.10. The molecule has 27 heavy (non-hydrogen) atoms. The summed E-state index contributed by atoms with van der Waals surface area (Å²) in [4.78, 5) is 10.4. The predicted octanol–water partition coefficient (Wildman–Crippen LogP) is 5.67. The number of fused-ring (bicyclic) bond motifs is 1. The SMILES string of the molecule is COc1ccc(-c2nc(CSc3ccnc4ccccc34)cs2)cc1OC. The third kappa shape index (κ3) is 3.77. The normalized spacial score (nSPS) is 10.9. The van der Waals surface area contributed by atoms with Crippen LogP contribution in [0.1, 0.15) is 5.69 Å². The molecule has 2 aromatic carbocycles. The zero-order chi connectivity index (χ0) is 18.6. The standard InChI is InChI=1S/C21H18N2O2S2/c1-24-18-8-7-14(11-19(18)25-2)21-23-15(13-27-21)12-26-20-9-10-22-17-6-4-3-5-16(17)20/h3-11,13H,12H2,1-2H3. The lowest BCUT2D eigenvalue weighted by molar-refractivity contribution is 0.355. The number of aromatic nitrogens is 2. The number of hydrogen-bond donors (Lipinski definition) is 0. The van der Waals surface area contributed by atoms with Crippen LogP contribution in [0, 0.1) is 0 Å². The Hall–Kier alpha value is -2.57. The summed E-state index contributed by atoms with van der Waals surface area (Å²) in [6.45, 7) is 0. The van der Waals surface area contributed by atoms with E-state index in [1.165, 1.54) is 10.3 Å². The first kappa shape index (κ1) is 17.8. The van der Waals surface area contributed by atoms with E-state index in [0.717, 1.165) is 33.3 Å². The smallest absolute Gasteiger partial charge is 0.161 e. The van der Waals surface area contributed by atoms with E-state index in [1.807, 2.05) is 42.6 Å². The quantitative estimate of drug-likeness (QED) is 0.394. The molecule has 0 atom stereocenters. The van der Waals surface area contributed by atoms with Crippen molar-refractivity contribution in [3.8, 4) is 22.1 Å². The summed E-state index contributed by atoms with van der Waals surface area (Å²) in [7, 11) is 3.28. The van der Waals surface area contributed by atoms with Crippen molar-refractivity contribution in [3.05, 3.63) is 65.8 Å². The predicted molar refractivity (Wildman–Crippen MR) is 112 cm³/mol. The van der Waals surface area contributed by atoms with E-state index in [0.29, 0.717) is 5.75 Å². The number of ether oxygens (including phenoxy) is 2. The van der Waals surface area contributed by atoms with Gasteiger partial charge in [0.15, 0.2) is 11.5 Å². The van der Waals surface area contributed by atoms with Gasteiger partial charge in [0.05, 0.1) is 25.4 Å². The zero-order valence-electron chi connectivity index (χ0n) is 15.0. The largest absolute Gasteiger partial charge is 0.493 e. The number of rotatable bonds is 6. The highest BCUT2D eigenvalue weighted by Crippen LogP contribution is 2.35. The molecule has 0 N–H and O–H groups in total. The van der Waals surface area contributed by atoms with Gasteiger partial charge in [-0.25, -0.2) is 4.98 Å². The molecule has 0 saturated heterocycles. The van der Waals surface area contributed by atoms with Crippen LogP contribution in [0.2, 0.25) is 0 Å². The summed E-state index contributed by atoms with van der Waals surface area (Å²) < 4.78 is 10.7. The molecule has 2 heterocycles. The Morgan fingerprint density at radius 1 is 1.00 bits per heavy atom. The summed E-state index contributed by atoms with van der Waals surface area (Å²) in [6, 6.07) is 16.2. The minimum Gasteiger partial charge on any atom is -0.493 e. The molecule has 0 aliphatic heterocycles. The molecule has 0 radical (unpaired) electrons. The molecule has 0 saturated carbocycles. The van der Waals surface area contributed by atoms with E-state index in [2.05, 4.69) is 22.5 Å². The molecule has 0 aliphatic carbocycles. The van der Waals surface area contributed by atoms with Crippen molar-refractivity contribution in [1.82, 2.24) is 9.97 Å². The van der Waals surface area contributed by atoms with Gasteiger partial charge in [-0.15, -0.1) is 23.1 Å². The van der Waals surface area contributed by atoms with Crippen LogP contribution in [0.3, 0.4) is 0 Å². The van der Waals surface area contributed by atoms with Gasteiger partial charge in [0.2, 0.25) is 0 Å². The minimum absolute atomic E-state index is 0.712. The second-order valence-corrected chi connectivity index (χ2v) is 7.70. The van der Waals surface area contributed by atoms with Crippen molar-refractivity contribution in [2.75, 3.05) is 14.2 Å². The maximum absolute atomic E-state index is 5.39. The molecule has 4 rings (SSSR count). The third-order valence-corrected chi connectivity index (χ3v) is 6.21. The Morgan fingerprint density at radius 3 is 2.70 bits per heavy atom. The van der Waals surface area contributed by atoms with Crippen molar-refractivity contribution in [1.29, 1.82) is 0 Å². The van der Waals surface area contributed by atoms with Crippen LogP contribution >= 0.6 is 23.1 Å². The highest BCUT2D eigenvalue weighted by molar-refractivity contribution is 7.98. The molecular formula is C21H18N2O2S2. The Morgan fingerprint density at radius 2 is 1.85 bits per heavy atom. The van der Waals surface area contributed by atoms with Crippen LogP contribution in [0.5, 0.6) is 11.5 Å². The first-order valence-electron chi connectivity index (χ1n) is 8.42. The summed E-state index contributed by atoms with van der Waals surface area (Å²) in [5.41, 5.74) is 3.12. The lowest BCUT2D eigenvalue weighted by Gasteiger charge is -2.08. The zero-order valence-corrected chi connectivity index (χ0v) is 16.6. The van der Waals surface area contributed by atoms with Crippen molar-refractivity contribution in [2.24, 2.45) is 0 Å². The summed E-state index contributed by atoms with van der Waals surface area (Å²) in [5, 5.41) is 4.27. The monoisotopic (exact) mass is 394 g/mol. The van der Waals surface area contributed by atoms with Gasteiger partial charge < -0.3 is 9.47 Å². The third-order valence-electron chi connectivity index (χ3n) is 4.17. The van der Waals surface area contributed by atoms with Gasteiger partial charge in [-0.2, -0.15) is 0 Å². The number of nitrogens with zero attached hydrogens (tertiary/aromatic N) is 2. The maximum Gasteiger partial charge on any atom is 0.161 e. The van der Waals surface area contributed by atoms with E-state index in [9.17, 15) is 0 Å². The molecule has 6 heteroatoms. The second kappa shape index (κ2) is 7.98. The molecule has 0 unspecified atom stereocenters. The molecule has 0 fully saturated rings. The molecule has 136 valence electrons. The summed E-state index contributed by atoms with van der Waals surface area (Å²) in [6.07, 6.45) is 1.86. The highest BCUT2D eigenvalue weighted by atomic mass is 32.2. The van der Waals surface area contributed by atoms with Gasteiger partial charge >= 0.3 is 0 Å². The lowest BCUT2D eigenvalue weighted by atomic mass is 10.2. The van der Waals surface area contributed by atoms with E-state index in [4.69, 9.17) is 14.5 Å². The number of para-hydroxylation sites is 1. The van der Waals surface area contributed by atoms with E-state index in [-0.39, 0.29) is 0 Å². The van der Waals surface area contributed by atoms with Gasteiger partial charge in [0.1, 0.15) is 5.01 Å². The number of pyridine rings is 1. The summed E-state index contributed by atoms with van der Waals surface area (Å²) >= 11 is 3.43. The van der Waals surface area contributed by atoms with Crippen LogP contribution < -0.4 is 9.47 Å². The second-order valence-electron chi connectivity index (χ2n) is 5.83. The molecule has 0 bridgehead atoms. The van der Waals surface area contributed by atoms with Crippen LogP contribution in [-0.2, 0) is 5.75 Å². The maximum atomic E-state index is 5.39. The lowest BCUT2D eigenvalue weighted by Crippen LogP contribution is -1.91. The average molecular weight is 395 g/mol. The first-order valence-corrected chi connectivity index (χ1v) is 10.3. The number of benzene rings is 2. The van der Waals surface area contributed by atoms with E-state index < -0.39 is 0 Å². The van der Waals surface area contributed by atoms with Crippen LogP contribution in [-0.4, -0.2) is 24.2 Å². The number of hydrogen-bond acceptors (Lipinski definition) is 6. The van der Waals surface area contributed by atoms with Crippen LogP contribution in [0.4, 0.5) is 0 Å². The van der Waals surface area contributed by atoms with Crippen molar-refractivity contribution in [3.63, 3.8) is 0 Å². The van der Waals surface area contributed by atoms with Crippen molar-refractivity contribution < 1.29 is 9.47 Å². The van der Waals surface area contributed by atoms with E-state index >= 15 is 0 Å². The van der Waals surface area contributed by atoms with Gasteiger partial charge in [0, 0.05) is 33.2 Å². The van der Waals surface area contributed by atoms with Gasteiger partial charge in [0.25, 0.3) is 0 Å². The fourth-order valence-electron chi connectivity index (χ4n) is 2.82. The molecule has 4 nitrogen and oxygen atoms in total. The number of thioether (sulfide) groups is 1.